The lowest BCUT2D eigenvalue weighted by molar-refractivity contribution is 0.288. The van der Waals surface area contributed by atoms with Crippen LogP contribution in [0.15, 0.2) is 30.3 Å². The predicted molar refractivity (Wildman–Crippen MR) is 88.5 cm³/mol. The van der Waals surface area contributed by atoms with E-state index < -0.39 is 0 Å². The van der Waals surface area contributed by atoms with E-state index in [9.17, 15) is 0 Å². The smallest absolute Gasteiger partial charge is 0.130 e. The van der Waals surface area contributed by atoms with Crippen LogP contribution in [0.3, 0.4) is 0 Å². The van der Waals surface area contributed by atoms with Gasteiger partial charge in [-0.25, -0.2) is 4.98 Å². The number of benzene rings is 1. The molecule has 1 aliphatic rings. The molecule has 20 heavy (non-hydrogen) atoms. The van der Waals surface area contributed by atoms with E-state index in [1.54, 1.807) is 0 Å². The largest absolute Gasteiger partial charge is 0.373 e. The van der Waals surface area contributed by atoms with Gasteiger partial charge in [0.05, 0.1) is 5.52 Å². The minimum absolute atomic E-state index is 0.995. The van der Waals surface area contributed by atoms with Gasteiger partial charge in [0.15, 0.2) is 0 Å². The Balaban J connectivity index is 1.88. The Morgan fingerprint density at radius 2 is 2.15 bits per heavy atom. The first-order chi connectivity index (χ1) is 9.86. The number of nitrogens with one attached hydrogen (secondary N) is 1. The molecule has 0 aliphatic carbocycles. The SMILES string of the molecule is CNc1nc2ccccc2cc1CN1CCCSCC1. The second-order valence-electron chi connectivity index (χ2n) is 5.18. The van der Waals surface area contributed by atoms with Gasteiger partial charge in [-0.1, -0.05) is 18.2 Å². The highest BCUT2D eigenvalue weighted by Gasteiger charge is 2.13. The highest BCUT2D eigenvalue weighted by Crippen LogP contribution is 2.22. The molecule has 1 aromatic heterocycles. The highest BCUT2D eigenvalue weighted by molar-refractivity contribution is 7.99. The zero-order valence-electron chi connectivity index (χ0n) is 11.9. The number of hydrogen-bond donors (Lipinski definition) is 1. The molecule has 4 heteroatoms. The third-order valence-electron chi connectivity index (χ3n) is 3.75. The Bertz CT molecular complexity index is 577. The van der Waals surface area contributed by atoms with Gasteiger partial charge in [0.25, 0.3) is 0 Å². The van der Waals surface area contributed by atoms with Crippen LogP contribution in [0.5, 0.6) is 0 Å². The molecule has 1 aromatic carbocycles. The highest BCUT2D eigenvalue weighted by atomic mass is 32.2. The summed E-state index contributed by atoms with van der Waals surface area (Å²) in [4.78, 5) is 7.29. The average Bonchev–Trinajstić information content (AvgIpc) is 2.75. The summed E-state index contributed by atoms with van der Waals surface area (Å²) in [5.41, 5.74) is 2.37. The third kappa shape index (κ3) is 3.07. The van der Waals surface area contributed by atoms with E-state index in [0.29, 0.717) is 0 Å². The van der Waals surface area contributed by atoms with Gasteiger partial charge < -0.3 is 5.32 Å². The Labute approximate surface area is 124 Å². The fourth-order valence-electron chi connectivity index (χ4n) is 2.69. The molecule has 3 rings (SSSR count). The van der Waals surface area contributed by atoms with Gasteiger partial charge in [-0.2, -0.15) is 11.8 Å². The summed E-state index contributed by atoms with van der Waals surface area (Å²) < 4.78 is 0. The molecule has 0 amide bonds. The fourth-order valence-corrected chi connectivity index (χ4v) is 3.62. The lowest BCUT2D eigenvalue weighted by Crippen LogP contribution is -2.26. The lowest BCUT2D eigenvalue weighted by atomic mass is 10.1. The van der Waals surface area contributed by atoms with Crippen LogP contribution >= 0.6 is 11.8 Å². The number of fused-ring (bicyclic) bond motifs is 1. The zero-order chi connectivity index (χ0) is 13.8. The van der Waals surface area contributed by atoms with Crippen LogP contribution in [0, 0.1) is 0 Å². The molecule has 1 saturated heterocycles. The van der Waals surface area contributed by atoms with E-state index in [1.165, 1.54) is 42.0 Å². The molecule has 3 nitrogen and oxygen atoms in total. The molecule has 1 fully saturated rings. The summed E-state index contributed by atoms with van der Waals surface area (Å²) in [6, 6.07) is 10.6. The quantitative estimate of drug-likeness (QED) is 0.938. The minimum atomic E-state index is 0.995. The number of aromatic nitrogens is 1. The Kier molecular flexibility index (Phi) is 4.43. The molecule has 0 saturated carbocycles. The van der Waals surface area contributed by atoms with Crippen molar-refractivity contribution in [2.45, 2.75) is 13.0 Å². The number of anilines is 1. The number of pyridine rings is 1. The first-order valence-electron chi connectivity index (χ1n) is 7.23. The molecule has 1 aliphatic heterocycles. The van der Waals surface area contributed by atoms with Crippen LogP contribution in [0.1, 0.15) is 12.0 Å². The molecule has 2 heterocycles. The maximum atomic E-state index is 4.74. The van der Waals surface area contributed by atoms with Crippen molar-refractivity contribution < 1.29 is 0 Å². The van der Waals surface area contributed by atoms with Crippen molar-refractivity contribution in [1.29, 1.82) is 0 Å². The molecular weight excluding hydrogens is 266 g/mol. The van der Waals surface area contributed by atoms with E-state index in [0.717, 1.165) is 17.9 Å². The van der Waals surface area contributed by atoms with Crippen LogP contribution in [-0.4, -0.2) is 41.5 Å². The fraction of sp³-hybridized carbons (Fsp3) is 0.438. The summed E-state index contributed by atoms with van der Waals surface area (Å²) in [7, 11) is 1.96. The van der Waals surface area contributed by atoms with Crippen LogP contribution in [0.25, 0.3) is 10.9 Å². The van der Waals surface area contributed by atoms with Crippen molar-refractivity contribution in [3.8, 4) is 0 Å². The van der Waals surface area contributed by atoms with E-state index in [2.05, 4.69) is 46.2 Å². The molecule has 106 valence electrons. The predicted octanol–water partition coefficient (Wildman–Crippen LogP) is 3.22. The van der Waals surface area contributed by atoms with Gasteiger partial charge in [0.1, 0.15) is 5.82 Å². The third-order valence-corrected chi connectivity index (χ3v) is 4.80. The number of hydrogen-bond acceptors (Lipinski definition) is 4. The molecule has 0 atom stereocenters. The van der Waals surface area contributed by atoms with Crippen molar-refractivity contribution in [1.82, 2.24) is 9.88 Å². The second-order valence-corrected chi connectivity index (χ2v) is 6.41. The molecule has 0 spiro atoms. The maximum absolute atomic E-state index is 4.74. The monoisotopic (exact) mass is 287 g/mol. The second kappa shape index (κ2) is 6.46. The van der Waals surface area contributed by atoms with E-state index in [-0.39, 0.29) is 0 Å². The van der Waals surface area contributed by atoms with Crippen molar-refractivity contribution >= 4 is 28.5 Å². The minimum Gasteiger partial charge on any atom is -0.373 e. The van der Waals surface area contributed by atoms with Crippen LogP contribution in [0.4, 0.5) is 5.82 Å². The summed E-state index contributed by atoms with van der Waals surface area (Å²) in [5.74, 6) is 3.56. The summed E-state index contributed by atoms with van der Waals surface area (Å²) in [6.45, 7) is 3.37. The number of nitrogens with zero attached hydrogens (tertiary/aromatic N) is 2. The summed E-state index contributed by atoms with van der Waals surface area (Å²) >= 11 is 2.07. The lowest BCUT2D eigenvalue weighted by Gasteiger charge is -2.21. The van der Waals surface area contributed by atoms with Crippen molar-refractivity contribution in [2.24, 2.45) is 0 Å². The van der Waals surface area contributed by atoms with Gasteiger partial charge in [-0.15, -0.1) is 0 Å². The Morgan fingerprint density at radius 3 is 3.05 bits per heavy atom. The standard InChI is InChI=1S/C16H21N3S/c1-17-16-14(12-19-7-4-9-20-10-8-19)11-13-5-2-3-6-15(13)18-16/h2-3,5-6,11H,4,7-10,12H2,1H3,(H,17,18). The van der Waals surface area contributed by atoms with E-state index in [4.69, 9.17) is 4.98 Å². The summed E-state index contributed by atoms with van der Waals surface area (Å²) in [6.07, 6.45) is 1.29. The Morgan fingerprint density at radius 1 is 1.25 bits per heavy atom. The molecule has 0 radical (unpaired) electrons. The normalized spacial score (nSPS) is 17.1. The van der Waals surface area contributed by atoms with Gasteiger partial charge in [-0.05, 0) is 30.9 Å². The van der Waals surface area contributed by atoms with Gasteiger partial charge in [0.2, 0.25) is 0 Å². The molecule has 1 N–H and O–H groups in total. The molecule has 0 bridgehead atoms. The van der Waals surface area contributed by atoms with Gasteiger partial charge in [0, 0.05) is 36.8 Å². The van der Waals surface area contributed by atoms with Crippen LogP contribution < -0.4 is 5.32 Å². The van der Waals surface area contributed by atoms with E-state index in [1.807, 2.05) is 13.1 Å². The van der Waals surface area contributed by atoms with Gasteiger partial charge in [-0.3, -0.25) is 4.90 Å². The molecule has 0 unspecified atom stereocenters. The van der Waals surface area contributed by atoms with Gasteiger partial charge >= 0.3 is 0 Å². The Hall–Kier alpha value is -1.26. The first kappa shape index (κ1) is 13.7. The number of para-hydroxylation sites is 1. The first-order valence-corrected chi connectivity index (χ1v) is 8.39. The van der Waals surface area contributed by atoms with Crippen LogP contribution in [-0.2, 0) is 6.54 Å². The average molecular weight is 287 g/mol. The maximum Gasteiger partial charge on any atom is 0.130 e. The van der Waals surface area contributed by atoms with Crippen molar-refractivity contribution in [2.75, 3.05) is 37.0 Å². The zero-order valence-corrected chi connectivity index (χ0v) is 12.7. The summed E-state index contributed by atoms with van der Waals surface area (Å²) in [5, 5.41) is 4.48. The van der Waals surface area contributed by atoms with Crippen molar-refractivity contribution in [3.05, 3.63) is 35.9 Å². The number of thioether (sulfide) groups is 1. The van der Waals surface area contributed by atoms with E-state index >= 15 is 0 Å². The molecule has 2 aromatic rings. The topological polar surface area (TPSA) is 28.2 Å². The number of rotatable bonds is 3. The van der Waals surface area contributed by atoms with Crippen molar-refractivity contribution in [3.63, 3.8) is 0 Å². The van der Waals surface area contributed by atoms with Crippen LogP contribution in [0.2, 0.25) is 0 Å². The molecular formula is C16H21N3S.